The Morgan fingerprint density at radius 2 is 2.00 bits per heavy atom. The van der Waals surface area contributed by atoms with Crippen LogP contribution in [0.3, 0.4) is 0 Å². The Morgan fingerprint density at radius 1 is 1.21 bits per heavy atom. The quantitative estimate of drug-likeness (QED) is 0.557. The predicted molar refractivity (Wildman–Crippen MR) is 69.9 cm³/mol. The number of para-hydroxylation sites is 2. The highest BCUT2D eigenvalue weighted by molar-refractivity contribution is 5.77. The summed E-state index contributed by atoms with van der Waals surface area (Å²) in [7, 11) is 0. The molecule has 2 N–H and O–H groups in total. The van der Waals surface area contributed by atoms with Crippen molar-refractivity contribution in [3.05, 3.63) is 52.8 Å². The highest BCUT2D eigenvalue weighted by Crippen LogP contribution is 2.25. The molecule has 0 fully saturated rings. The number of rotatable bonds is 2. The average molecular weight is 255 g/mol. The Balaban J connectivity index is 2.32. The number of aromatic nitrogens is 3. The molecular weight excluding hydrogens is 246 g/mol. The second kappa shape index (κ2) is 4.05. The van der Waals surface area contributed by atoms with Crippen molar-refractivity contribution in [3.8, 4) is 5.82 Å². The first-order valence-corrected chi connectivity index (χ1v) is 5.50. The highest BCUT2D eigenvalue weighted by atomic mass is 16.6. The molecule has 19 heavy (non-hydrogen) atoms. The molecule has 0 aliphatic heterocycles. The van der Waals surface area contributed by atoms with Gasteiger partial charge in [0.25, 0.3) is 0 Å². The van der Waals surface area contributed by atoms with Gasteiger partial charge in [-0.3, -0.25) is 14.7 Å². The molecule has 2 aromatic heterocycles. The lowest BCUT2D eigenvalue weighted by molar-refractivity contribution is -0.384. The summed E-state index contributed by atoms with van der Waals surface area (Å²) in [5.41, 5.74) is 6.97. The van der Waals surface area contributed by atoms with Crippen LogP contribution in [0.1, 0.15) is 0 Å². The minimum absolute atomic E-state index is 0.114. The van der Waals surface area contributed by atoms with E-state index >= 15 is 0 Å². The van der Waals surface area contributed by atoms with E-state index in [1.165, 1.54) is 18.5 Å². The van der Waals surface area contributed by atoms with Crippen LogP contribution in [0, 0.1) is 10.1 Å². The summed E-state index contributed by atoms with van der Waals surface area (Å²) < 4.78 is 1.56. The zero-order valence-electron chi connectivity index (χ0n) is 9.72. The van der Waals surface area contributed by atoms with Gasteiger partial charge in [-0.15, -0.1) is 0 Å². The number of nitro groups is 1. The standard InChI is InChI=1S/C12H9N5O2/c13-11-6-5-10(17(18)19)12(15-11)16-7-14-8-3-1-2-4-9(8)16/h1-7H,(H2,13,15). The SMILES string of the molecule is Nc1ccc([N+](=O)[O-])c(-n2cnc3ccccc32)n1. The lowest BCUT2D eigenvalue weighted by atomic mass is 10.3. The van der Waals surface area contributed by atoms with Crippen LogP contribution in [0.5, 0.6) is 0 Å². The van der Waals surface area contributed by atoms with Gasteiger partial charge in [-0.25, -0.2) is 9.97 Å². The van der Waals surface area contributed by atoms with Crippen LogP contribution in [0.15, 0.2) is 42.7 Å². The number of nitrogens with two attached hydrogens (primary N) is 1. The molecule has 7 nitrogen and oxygen atoms in total. The van der Waals surface area contributed by atoms with Gasteiger partial charge < -0.3 is 5.73 Å². The van der Waals surface area contributed by atoms with Crippen molar-refractivity contribution in [2.75, 3.05) is 5.73 Å². The normalized spacial score (nSPS) is 10.7. The molecule has 0 spiro atoms. The first-order valence-electron chi connectivity index (χ1n) is 5.50. The summed E-state index contributed by atoms with van der Waals surface area (Å²) in [5, 5.41) is 11.1. The topological polar surface area (TPSA) is 99.9 Å². The molecule has 1 aromatic carbocycles. The number of hydrogen-bond acceptors (Lipinski definition) is 5. The van der Waals surface area contributed by atoms with Gasteiger partial charge in [0.15, 0.2) is 0 Å². The van der Waals surface area contributed by atoms with Gasteiger partial charge in [0.05, 0.1) is 16.0 Å². The van der Waals surface area contributed by atoms with Crippen LogP contribution in [0.2, 0.25) is 0 Å². The smallest absolute Gasteiger partial charge is 0.312 e. The van der Waals surface area contributed by atoms with E-state index in [0.717, 1.165) is 11.0 Å². The molecule has 7 heteroatoms. The largest absolute Gasteiger partial charge is 0.384 e. The van der Waals surface area contributed by atoms with Crippen LogP contribution in [-0.2, 0) is 0 Å². The first-order chi connectivity index (χ1) is 9.16. The number of benzene rings is 1. The maximum atomic E-state index is 11.1. The molecule has 0 amide bonds. The van der Waals surface area contributed by atoms with E-state index in [9.17, 15) is 10.1 Å². The number of nitrogen functional groups attached to an aromatic ring is 1. The molecule has 0 saturated heterocycles. The van der Waals surface area contributed by atoms with E-state index in [0.29, 0.717) is 0 Å². The average Bonchev–Trinajstić information content (AvgIpc) is 2.82. The number of fused-ring (bicyclic) bond motifs is 1. The van der Waals surface area contributed by atoms with Crippen LogP contribution in [0.4, 0.5) is 11.5 Å². The lowest BCUT2D eigenvalue weighted by Crippen LogP contribution is -2.04. The number of anilines is 1. The maximum Gasteiger partial charge on any atom is 0.312 e. The fourth-order valence-corrected chi connectivity index (χ4v) is 1.90. The van der Waals surface area contributed by atoms with Crippen LogP contribution < -0.4 is 5.73 Å². The van der Waals surface area contributed by atoms with Gasteiger partial charge in [-0.2, -0.15) is 0 Å². The van der Waals surface area contributed by atoms with Crippen molar-refractivity contribution in [2.24, 2.45) is 0 Å². The van der Waals surface area contributed by atoms with E-state index in [-0.39, 0.29) is 17.3 Å². The molecule has 3 aromatic rings. The molecule has 3 rings (SSSR count). The maximum absolute atomic E-state index is 11.1. The summed E-state index contributed by atoms with van der Waals surface area (Å²) in [6.07, 6.45) is 1.50. The summed E-state index contributed by atoms with van der Waals surface area (Å²) in [6, 6.07) is 10.1. The van der Waals surface area contributed by atoms with E-state index < -0.39 is 4.92 Å². The zero-order chi connectivity index (χ0) is 13.4. The third-order valence-corrected chi connectivity index (χ3v) is 2.75. The second-order valence-corrected chi connectivity index (χ2v) is 3.94. The molecule has 94 valence electrons. The molecule has 0 atom stereocenters. The van der Waals surface area contributed by atoms with Crippen molar-refractivity contribution in [2.45, 2.75) is 0 Å². The van der Waals surface area contributed by atoms with Crippen molar-refractivity contribution in [1.29, 1.82) is 0 Å². The second-order valence-electron chi connectivity index (χ2n) is 3.94. The summed E-state index contributed by atoms with van der Waals surface area (Å²) in [6.45, 7) is 0. The minimum atomic E-state index is -0.490. The van der Waals surface area contributed by atoms with Crippen molar-refractivity contribution >= 4 is 22.5 Å². The fourth-order valence-electron chi connectivity index (χ4n) is 1.90. The molecule has 0 bridgehead atoms. The molecule has 0 radical (unpaired) electrons. The Kier molecular flexibility index (Phi) is 2.38. The Bertz CT molecular complexity index is 781. The zero-order valence-corrected chi connectivity index (χ0v) is 9.72. The fraction of sp³-hybridized carbons (Fsp3) is 0. The lowest BCUT2D eigenvalue weighted by Gasteiger charge is -2.05. The summed E-state index contributed by atoms with van der Waals surface area (Å²) >= 11 is 0. The van der Waals surface area contributed by atoms with Gasteiger partial charge in [-0.05, 0) is 18.2 Å². The van der Waals surface area contributed by atoms with Gasteiger partial charge in [0, 0.05) is 6.07 Å². The molecule has 0 saturated carbocycles. The van der Waals surface area contributed by atoms with Gasteiger partial charge in [0.1, 0.15) is 12.1 Å². The van der Waals surface area contributed by atoms with E-state index in [1.54, 1.807) is 4.57 Å². The van der Waals surface area contributed by atoms with Crippen LogP contribution in [-0.4, -0.2) is 19.5 Å². The van der Waals surface area contributed by atoms with E-state index in [4.69, 9.17) is 5.73 Å². The van der Waals surface area contributed by atoms with Gasteiger partial charge in [-0.1, -0.05) is 12.1 Å². The van der Waals surface area contributed by atoms with Crippen molar-refractivity contribution in [1.82, 2.24) is 14.5 Å². The van der Waals surface area contributed by atoms with Crippen molar-refractivity contribution in [3.63, 3.8) is 0 Å². The summed E-state index contributed by atoms with van der Waals surface area (Å²) in [4.78, 5) is 18.8. The highest BCUT2D eigenvalue weighted by Gasteiger charge is 2.18. The Labute approximate surface area is 107 Å². The monoisotopic (exact) mass is 255 g/mol. The Morgan fingerprint density at radius 3 is 2.79 bits per heavy atom. The number of nitrogens with zero attached hydrogens (tertiary/aromatic N) is 4. The van der Waals surface area contributed by atoms with Crippen LogP contribution >= 0.6 is 0 Å². The minimum Gasteiger partial charge on any atom is -0.384 e. The van der Waals surface area contributed by atoms with E-state index in [1.807, 2.05) is 24.3 Å². The predicted octanol–water partition coefficient (Wildman–Crippen LogP) is 1.91. The number of imidazole rings is 1. The summed E-state index contributed by atoms with van der Waals surface area (Å²) in [5.74, 6) is 0.386. The molecule has 0 aliphatic rings. The van der Waals surface area contributed by atoms with E-state index in [2.05, 4.69) is 9.97 Å². The van der Waals surface area contributed by atoms with Crippen molar-refractivity contribution < 1.29 is 4.92 Å². The molecule has 2 heterocycles. The number of hydrogen-bond donors (Lipinski definition) is 1. The van der Waals surface area contributed by atoms with Gasteiger partial charge in [0.2, 0.25) is 5.82 Å². The molecule has 0 unspecified atom stereocenters. The van der Waals surface area contributed by atoms with Gasteiger partial charge >= 0.3 is 5.69 Å². The Hall–Kier alpha value is -2.96. The third kappa shape index (κ3) is 1.77. The van der Waals surface area contributed by atoms with Crippen LogP contribution in [0.25, 0.3) is 16.9 Å². The number of pyridine rings is 1. The third-order valence-electron chi connectivity index (χ3n) is 2.75. The first kappa shape index (κ1) is 11.1. The molecule has 0 aliphatic carbocycles. The molecular formula is C12H9N5O2.